The summed E-state index contributed by atoms with van der Waals surface area (Å²) in [5.74, 6) is -0.269. The fraction of sp³-hybridized carbons (Fsp3) is 0.368. The standard InChI is InChI=1S/C19H21Cl2N3O/c1-2-14-6-3-4-9-24(14)15-10-13(11-22-12-15)19(25)23-18-16(20)7-5-8-17(18)21/h5,7-8,10-12,14H,2-4,6,9H2,1H3,(H,23,25). The molecule has 1 N–H and O–H groups in total. The monoisotopic (exact) mass is 377 g/mol. The second kappa shape index (κ2) is 8.07. The summed E-state index contributed by atoms with van der Waals surface area (Å²) in [6.07, 6.45) is 8.09. The molecule has 0 saturated carbocycles. The smallest absolute Gasteiger partial charge is 0.257 e. The predicted molar refractivity (Wildman–Crippen MR) is 104 cm³/mol. The first-order valence-electron chi connectivity index (χ1n) is 8.57. The quantitative estimate of drug-likeness (QED) is 0.774. The van der Waals surface area contributed by atoms with Crippen molar-refractivity contribution >= 4 is 40.5 Å². The predicted octanol–water partition coefficient (Wildman–Crippen LogP) is 5.41. The van der Waals surface area contributed by atoms with Gasteiger partial charge in [0, 0.05) is 18.8 Å². The Morgan fingerprint density at radius 3 is 2.76 bits per heavy atom. The molecule has 1 atom stereocenters. The molecule has 0 bridgehead atoms. The highest BCUT2D eigenvalue weighted by Crippen LogP contribution is 2.31. The van der Waals surface area contributed by atoms with Crippen molar-refractivity contribution in [1.29, 1.82) is 0 Å². The number of carbonyl (C=O) groups is 1. The van der Waals surface area contributed by atoms with Crippen molar-refractivity contribution < 1.29 is 4.79 Å². The first-order chi connectivity index (χ1) is 12.1. The molecule has 25 heavy (non-hydrogen) atoms. The average molecular weight is 378 g/mol. The lowest BCUT2D eigenvalue weighted by molar-refractivity contribution is 0.102. The molecule has 3 rings (SSSR count). The van der Waals surface area contributed by atoms with Crippen molar-refractivity contribution in [2.24, 2.45) is 0 Å². The highest BCUT2D eigenvalue weighted by molar-refractivity contribution is 6.40. The van der Waals surface area contributed by atoms with E-state index in [2.05, 4.69) is 22.1 Å². The number of halogens is 2. The number of carbonyl (C=O) groups excluding carboxylic acids is 1. The van der Waals surface area contributed by atoms with Crippen LogP contribution < -0.4 is 10.2 Å². The van der Waals surface area contributed by atoms with E-state index in [0.29, 0.717) is 27.3 Å². The van der Waals surface area contributed by atoms with Gasteiger partial charge in [-0.3, -0.25) is 9.78 Å². The number of piperidine rings is 1. The number of nitrogens with zero attached hydrogens (tertiary/aromatic N) is 2. The first-order valence-corrected chi connectivity index (χ1v) is 9.32. The van der Waals surface area contributed by atoms with Crippen molar-refractivity contribution in [2.75, 3.05) is 16.8 Å². The van der Waals surface area contributed by atoms with Gasteiger partial charge in [-0.05, 0) is 43.9 Å². The third-order valence-corrected chi connectivity index (χ3v) is 5.25. The van der Waals surface area contributed by atoms with E-state index in [-0.39, 0.29) is 5.91 Å². The molecule has 1 unspecified atom stereocenters. The molecule has 0 aliphatic carbocycles. The summed E-state index contributed by atoms with van der Waals surface area (Å²) in [5.41, 5.74) is 1.91. The number of pyridine rings is 1. The molecule has 2 aromatic rings. The maximum Gasteiger partial charge on any atom is 0.257 e. The Labute approximate surface area is 158 Å². The van der Waals surface area contributed by atoms with Crippen LogP contribution in [0.1, 0.15) is 43.0 Å². The number of nitrogens with one attached hydrogen (secondary N) is 1. The molecule has 6 heteroatoms. The Kier molecular flexibility index (Phi) is 5.82. The summed E-state index contributed by atoms with van der Waals surface area (Å²) in [6.45, 7) is 3.20. The topological polar surface area (TPSA) is 45.2 Å². The second-order valence-electron chi connectivity index (χ2n) is 6.23. The molecule has 1 amide bonds. The molecule has 1 fully saturated rings. The van der Waals surface area contributed by atoms with Gasteiger partial charge in [-0.2, -0.15) is 0 Å². The van der Waals surface area contributed by atoms with E-state index >= 15 is 0 Å². The third kappa shape index (κ3) is 4.07. The van der Waals surface area contributed by atoms with Crippen LogP contribution in [0.4, 0.5) is 11.4 Å². The van der Waals surface area contributed by atoms with Gasteiger partial charge in [-0.15, -0.1) is 0 Å². The van der Waals surface area contributed by atoms with Crippen LogP contribution in [-0.4, -0.2) is 23.5 Å². The van der Waals surface area contributed by atoms with Crippen molar-refractivity contribution in [3.05, 3.63) is 52.3 Å². The van der Waals surface area contributed by atoms with Crippen LogP contribution in [-0.2, 0) is 0 Å². The number of anilines is 2. The van der Waals surface area contributed by atoms with Crippen LogP contribution in [0.2, 0.25) is 10.0 Å². The fourth-order valence-electron chi connectivity index (χ4n) is 3.28. The molecule has 0 radical (unpaired) electrons. The first kappa shape index (κ1) is 18.0. The van der Waals surface area contributed by atoms with E-state index in [1.807, 2.05) is 12.3 Å². The van der Waals surface area contributed by atoms with E-state index in [4.69, 9.17) is 23.2 Å². The Morgan fingerprint density at radius 2 is 2.04 bits per heavy atom. The number of benzene rings is 1. The summed E-state index contributed by atoms with van der Waals surface area (Å²) in [5, 5.41) is 3.61. The minimum absolute atomic E-state index is 0.269. The number of hydrogen-bond donors (Lipinski definition) is 1. The van der Waals surface area contributed by atoms with Crippen LogP contribution in [0.25, 0.3) is 0 Å². The van der Waals surface area contributed by atoms with Crippen molar-refractivity contribution in [2.45, 2.75) is 38.6 Å². The van der Waals surface area contributed by atoms with E-state index in [1.165, 1.54) is 19.3 Å². The Morgan fingerprint density at radius 1 is 1.28 bits per heavy atom. The maximum absolute atomic E-state index is 12.6. The van der Waals surface area contributed by atoms with Gasteiger partial charge in [-0.1, -0.05) is 36.2 Å². The van der Waals surface area contributed by atoms with Gasteiger partial charge in [0.25, 0.3) is 5.91 Å². The largest absolute Gasteiger partial charge is 0.367 e. The zero-order chi connectivity index (χ0) is 17.8. The van der Waals surface area contributed by atoms with Crippen molar-refractivity contribution in [3.8, 4) is 0 Å². The van der Waals surface area contributed by atoms with Gasteiger partial charge in [0.05, 0.1) is 33.2 Å². The Hall–Kier alpha value is -1.78. The lowest BCUT2D eigenvalue weighted by atomic mass is 9.99. The Bertz CT molecular complexity index is 746. The highest BCUT2D eigenvalue weighted by atomic mass is 35.5. The van der Waals surface area contributed by atoms with Crippen LogP contribution in [0.5, 0.6) is 0 Å². The van der Waals surface area contributed by atoms with E-state index in [9.17, 15) is 4.79 Å². The molecule has 1 aliphatic heterocycles. The average Bonchev–Trinajstić information content (AvgIpc) is 2.64. The van der Waals surface area contributed by atoms with Gasteiger partial charge in [0.2, 0.25) is 0 Å². The zero-order valence-corrected chi connectivity index (χ0v) is 15.6. The van der Waals surface area contributed by atoms with Gasteiger partial charge >= 0.3 is 0 Å². The van der Waals surface area contributed by atoms with Gasteiger partial charge in [-0.25, -0.2) is 0 Å². The fourth-order valence-corrected chi connectivity index (χ4v) is 3.77. The lowest BCUT2D eigenvalue weighted by Crippen LogP contribution is -2.39. The number of para-hydroxylation sites is 1. The molecule has 1 aromatic carbocycles. The van der Waals surface area contributed by atoms with Gasteiger partial charge in [0.15, 0.2) is 0 Å². The van der Waals surface area contributed by atoms with E-state index < -0.39 is 0 Å². The molecular formula is C19H21Cl2N3O. The number of rotatable bonds is 4. The minimum atomic E-state index is -0.269. The molecule has 2 heterocycles. The zero-order valence-electron chi connectivity index (χ0n) is 14.1. The molecule has 132 valence electrons. The number of hydrogen-bond acceptors (Lipinski definition) is 3. The van der Waals surface area contributed by atoms with Crippen LogP contribution in [0.3, 0.4) is 0 Å². The second-order valence-corrected chi connectivity index (χ2v) is 7.05. The van der Waals surface area contributed by atoms with Crippen molar-refractivity contribution in [3.63, 3.8) is 0 Å². The maximum atomic E-state index is 12.6. The molecule has 1 aliphatic rings. The molecule has 4 nitrogen and oxygen atoms in total. The van der Waals surface area contributed by atoms with Crippen LogP contribution >= 0.6 is 23.2 Å². The van der Waals surface area contributed by atoms with Crippen molar-refractivity contribution in [1.82, 2.24) is 4.98 Å². The van der Waals surface area contributed by atoms with Crippen LogP contribution in [0.15, 0.2) is 36.7 Å². The highest BCUT2D eigenvalue weighted by Gasteiger charge is 2.22. The number of aromatic nitrogens is 1. The van der Waals surface area contributed by atoms with E-state index in [0.717, 1.165) is 18.7 Å². The lowest BCUT2D eigenvalue weighted by Gasteiger charge is -2.37. The molecular weight excluding hydrogens is 357 g/mol. The van der Waals surface area contributed by atoms with Gasteiger partial charge < -0.3 is 10.2 Å². The minimum Gasteiger partial charge on any atom is -0.367 e. The molecule has 1 saturated heterocycles. The summed E-state index contributed by atoms with van der Waals surface area (Å²) >= 11 is 12.3. The van der Waals surface area contributed by atoms with Crippen LogP contribution in [0, 0.1) is 0 Å². The Balaban J connectivity index is 1.82. The summed E-state index contributed by atoms with van der Waals surface area (Å²) in [4.78, 5) is 19.2. The summed E-state index contributed by atoms with van der Waals surface area (Å²) in [6, 6.07) is 7.52. The van der Waals surface area contributed by atoms with E-state index in [1.54, 1.807) is 24.4 Å². The van der Waals surface area contributed by atoms with Gasteiger partial charge in [0.1, 0.15) is 0 Å². The third-order valence-electron chi connectivity index (χ3n) is 4.62. The number of amides is 1. The molecule has 0 spiro atoms. The normalized spacial score (nSPS) is 17.4. The summed E-state index contributed by atoms with van der Waals surface area (Å²) < 4.78 is 0. The SMILES string of the molecule is CCC1CCCCN1c1cncc(C(=O)Nc2c(Cl)cccc2Cl)c1. The summed E-state index contributed by atoms with van der Waals surface area (Å²) in [7, 11) is 0. The molecule has 1 aromatic heterocycles.